The lowest BCUT2D eigenvalue weighted by atomic mass is 10.0. The first-order chi connectivity index (χ1) is 11.2. The average molecular weight is 436 g/mol. The molecule has 0 N–H and O–H groups in total. The van der Waals surface area contributed by atoms with Crippen molar-refractivity contribution >= 4 is 22.6 Å². The van der Waals surface area contributed by atoms with Crippen molar-refractivity contribution in [3.05, 3.63) is 23.3 Å². The van der Waals surface area contributed by atoms with Crippen LogP contribution in [0.2, 0.25) is 0 Å². The van der Waals surface area contributed by atoms with Gasteiger partial charge in [0.15, 0.2) is 13.6 Å². The van der Waals surface area contributed by atoms with E-state index in [0.29, 0.717) is 0 Å². The topological polar surface area (TPSA) is 36.9 Å². The minimum atomic E-state index is 0.240. The molecule has 132 valence electrons. The summed E-state index contributed by atoms with van der Waals surface area (Å²) in [6.07, 6.45) is 7.48. The van der Waals surface area contributed by atoms with E-state index in [1.807, 2.05) is 6.92 Å². The molecule has 4 nitrogen and oxygen atoms in total. The maximum atomic E-state index is 5.66. The lowest BCUT2D eigenvalue weighted by molar-refractivity contribution is 0.0449. The minimum Gasteiger partial charge on any atom is -0.467 e. The number of methoxy groups -OCH3 is 2. The van der Waals surface area contributed by atoms with Crippen LogP contribution in [-0.2, 0) is 15.9 Å². The molecule has 1 aromatic rings. The van der Waals surface area contributed by atoms with Gasteiger partial charge in [-0.25, -0.2) is 0 Å². The van der Waals surface area contributed by atoms with Gasteiger partial charge in [-0.2, -0.15) is 0 Å². The van der Waals surface area contributed by atoms with Crippen molar-refractivity contribution in [3.8, 4) is 11.5 Å². The van der Waals surface area contributed by atoms with Gasteiger partial charge in [-0.15, -0.1) is 0 Å². The molecule has 1 rings (SSSR count). The second kappa shape index (κ2) is 12.8. The normalized spacial score (nSPS) is 10.8. The first-order valence-electron chi connectivity index (χ1n) is 8.15. The molecule has 5 heteroatoms. The number of halogens is 1. The molecule has 0 aliphatic heterocycles. The summed E-state index contributed by atoms with van der Waals surface area (Å²) in [6, 6.07) is 4.19. The van der Waals surface area contributed by atoms with Gasteiger partial charge >= 0.3 is 0 Å². The van der Waals surface area contributed by atoms with Crippen LogP contribution in [-0.4, -0.2) is 32.2 Å². The van der Waals surface area contributed by atoms with Gasteiger partial charge in [0.25, 0.3) is 0 Å². The van der Waals surface area contributed by atoms with Gasteiger partial charge in [0.05, 0.1) is 0 Å². The number of rotatable bonds is 13. The van der Waals surface area contributed by atoms with Crippen LogP contribution in [0.15, 0.2) is 12.1 Å². The summed E-state index contributed by atoms with van der Waals surface area (Å²) in [5.41, 5.74) is 2.21. The maximum absolute atomic E-state index is 5.66. The summed E-state index contributed by atoms with van der Waals surface area (Å²) in [5.74, 6) is 1.64. The molecule has 0 bridgehead atoms. The van der Waals surface area contributed by atoms with E-state index < -0.39 is 0 Å². The molecule has 0 spiro atoms. The quantitative estimate of drug-likeness (QED) is 0.191. The Bertz CT molecular complexity index is 408. The lowest BCUT2D eigenvalue weighted by Crippen LogP contribution is -2.05. The van der Waals surface area contributed by atoms with E-state index in [9.17, 15) is 0 Å². The summed E-state index contributed by atoms with van der Waals surface area (Å²) >= 11 is 2.44. The molecule has 0 heterocycles. The largest absolute Gasteiger partial charge is 0.467 e. The van der Waals surface area contributed by atoms with E-state index >= 15 is 0 Å². The minimum absolute atomic E-state index is 0.240. The zero-order valence-electron chi connectivity index (χ0n) is 14.5. The third-order valence-electron chi connectivity index (χ3n) is 3.64. The second-order valence-electron chi connectivity index (χ2n) is 5.53. The Morgan fingerprint density at radius 3 is 1.87 bits per heavy atom. The van der Waals surface area contributed by atoms with Crippen LogP contribution in [0, 0.1) is 6.92 Å². The molecule has 1 aromatic carbocycles. The molecule has 23 heavy (non-hydrogen) atoms. The van der Waals surface area contributed by atoms with Gasteiger partial charge in [0.1, 0.15) is 11.5 Å². The summed E-state index contributed by atoms with van der Waals surface area (Å²) < 4.78 is 22.6. The van der Waals surface area contributed by atoms with Gasteiger partial charge in [0.2, 0.25) is 0 Å². The number of alkyl halides is 1. The van der Waals surface area contributed by atoms with Crippen LogP contribution < -0.4 is 9.47 Å². The van der Waals surface area contributed by atoms with Crippen LogP contribution in [0.25, 0.3) is 0 Å². The van der Waals surface area contributed by atoms with Crippen LogP contribution >= 0.6 is 22.6 Å². The van der Waals surface area contributed by atoms with Crippen molar-refractivity contribution in [2.75, 3.05) is 32.2 Å². The zero-order valence-corrected chi connectivity index (χ0v) is 16.7. The third-order valence-corrected chi connectivity index (χ3v) is 4.40. The Labute approximate surface area is 154 Å². The smallest absolute Gasteiger partial charge is 0.188 e. The van der Waals surface area contributed by atoms with Crippen molar-refractivity contribution in [2.24, 2.45) is 0 Å². The fraction of sp³-hybridized carbons (Fsp3) is 0.667. The fourth-order valence-electron chi connectivity index (χ4n) is 2.36. The molecule has 0 atom stereocenters. The van der Waals surface area contributed by atoms with Gasteiger partial charge < -0.3 is 18.9 Å². The van der Waals surface area contributed by atoms with Crippen LogP contribution in [0.4, 0.5) is 0 Å². The Balaban J connectivity index is 2.64. The number of aryl methyl sites for hydroxylation is 1. The number of hydrogen-bond acceptors (Lipinski definition) is 4. The van der Waals surface area contributed by atoms with Crippen molar-refractivity contribution in [3.63, 3.8) is 0 Å². The van der Waals surface area contributed by atoms with E-state index in [1.54, 1.807) is 14.2 Å². The molecule has 0 unspecified atom stereocenters. The highest BCUT2D eigenvalue weighted by atomic mass is 127. The Morgan fingerprint density at radius 2 is 1.35 bits per heavy atom. The monoisotopic (exact) mass is 436 g/mol. The average Bonchev–Trinajstić information content (AvgIpc) is 2.56. The van der Waals surface area contributed by atoms with Crippen LogP contribution in [0.1, 0.15) is 43.2 Å². The number of unbranched alkanes of at least 4 members (excludes halogenated alkanes) is 4. The molecule has 0 radical (unpaired) electrons. The van der Waals surface area contributed by atoms with E-state index in [2.05, 4.69) is 34.7 Å². The highest BCUT2D eigenvalue weighted by Crippen LogP contribution is 2.31. The molecule has 0 saturated carbocycles. The highest BCUT2D eigenvalue weighted by Gasteiger charge is 2.10. The van der Waals surface area contributed by atoms with Gasteiger partial charge in [0, 0.05) is 19.8 Å². The highest BCUT2D eigenvalue weighted by molar-refractivity contribution is 14.1. The molecular weight excluding hydrogens is 407 g/mol. The maximum Gasteiger partial charge on any atom is 0.188 e. The summed E-state index contributed by atoms with van der Waals surface area (Å²) in [7, 11) is 3.24. The Morgan fingerprint density at radius 1 is 0.826 bits per heavy atom. The van der Waals surface area contributed by atoms with Gasteiger partial charge in [-0.05, 0) is 48.3 Å². The van der Waals surface area contributed by atoms with Crippen LogP contribution in [0.3, 0.4) is 0 Å². The number of benzene rings is 1. The fourth-order valence-corrected chi connectivity index (χ4v) is 2.90. The Kier molecular flexibility index (Phi) is 11.5. The molecule has 0 amide bonds. The van der Waals surface area contributed by atoms with E-state index in [4.69, 9.17) is 18.9 Å². The Hall–Kier alpha value is -0.530. The first kappa shape index (κ1) is 20.5. The SMILES string of the molecule is COCOc1cc(CCCCCCCI)cc(OCOC)c1C. The molecular formula is C18H29IO4. The summed E-state index contributed by atoms with van der Waals surface area (Å²) in [4.78, 5) is 0. The van der Waals surface area contributed by atoms with E-state index in [-0.39, 0.29) is 13.6 Å². The van der Waals surface area contributed by atoms with Crippen molar-refractivity contribution in [1.82, 2.24) is 0 Å². The first-order valence-corrected chi connectivity index (χ1v) is 9.68. The number of ether oxygens (including phenoxy) is 4. The van der Waals surface area contributed by atoms with Crippen molar-refractivity contribution in [2.45, 2.75) is 45.4 Å². The van der Waals surface area contributed by atoms with E-state index in [0.717, 1.165) is 23.5 Å². The molecule has 0 aromatic heterocycles. The second-order valence-corrected chi connectivity index (χ2v) is 6.60. The third kappa shape index (κ3) is 8.22. The predicted octanol–water partition coefficient (Wildman–Crippen LogP) is 4.89. The van der Waals surface area contributed by atoms with Gasteiger partial charge in [-0.3, -0.25) is 0 Å². The lowest BCUT2D eigenvalue weighted by Gasteiger charge is -2.15. The van der Waals surface area contributed by atoms with Crippen LogP contribution in [0.5, 0.6) is 11.5 Å². The molecule has 0 aliphatic carbocycles. The van der Waals surface area contributed by atoms with Gasteiger partial charge in [-0.1, -0.05) is 41.9 Å². The zero-order chi connectivity index (χ0) is 16.9. The molecule has 0 saturated heterocycles. The summed E-state index contributed by atoms with van der Waals surface area (Å²) in [6.45, 7) is 2.47. The van der Waals surface area contributed by atoms with E-state index in [1.165, 1.54) is 42.1 Å². The number of hydrogen-bond donors (Lipinski definition) is 0. The standard InChI is InChI=1S/C18H29IO4/c1-15-17(22-13-20-2)11-16(12-18(15)23-14-21-3)9-7-5-4-6-8-10-19/h11-12H,4-10,13-14H2,1-3H3. The molecule has 0 fully saturated rings. The summed E-state index contributed by atoms with van der Waals surface area (Å²) in [5, 5.41) is 0. The van der Waals surface area contributed by atoms with Crippen molar-refractivity contribution < 1.29 is 18.9 Å². The van der Waals surface area contributed by atoms with Crippen molar-refractivity contribution in [1.29, 1.82) is 0 Å². The molecule has 0 aliphatic rings. The predicted molar refractivity (Wildman–Crippen MR) is 102 cm³/mol.